The minimum atomic E-state index is -0.503. The Balaban J connectivity index is 1.52. The van der Waals surface area contributed by atoms with E-state index in [0.29, 0.717) is 45.5 Å². The van der Waals surface area contributed by atoms with Crippen LogP contribution in [0.4, 0.5) is 0 Å². The van der Waals surface area contributed by atoms with E-state index in [9.17, 15) is 4.79 Å². The van der Waals surface area contributed by atoms with Gasteiger partial charge in [0.1, 0.15) is 19.0 Å². The smallest absolute Gasteiger partial charge is 0.283 e. The van der Waals surface area contributed by atoms with E-state index in [1.165, 1.54) is 16.8 Å². The maximum atomic E-state index is 12.6. The van der Waals surface area contributed by atoms with Crippen LogP contribution in [0.25, 0.3) is 6.08 Å². The van der Waals surface area contributed by atoms with Crippen molar-refractivity contribution in [2.45, 2.75) is 27.7 Å². The highest BCUT2D eigenvalue weighted by atomic mass is 35.5. The number of rotatable bonds is 8. The number of halogens is 1. The summed E-state index contributed by atoms with van der Waals surface area (Å²) < 4.78 is 17.6. The molecule has 1 amide bonds. The molecule has 0 saturated carbocycles. The number of hydrogen-bond donors (Lipinski definition) is 1. The van der Waals surface area contributed by atoms with E-state index in [2.05, 4.69) is 10.1 Å². The van der Waals surface area contributed by atoms with Gasteiger partial charge in [-0.1, -0.05) is 29.8 Å². The van der Waals surface area contributed by atoms with E-state index in [1.807, 2.05) is 39.0 Å². The Kier molecular flexibility index (Phi) is 7.47. The maximum absolute atomic E-state index is 12.6. The fourth-order valence-corrected chi connectivity index (χ4v) is 4.65. The van der Waals surface area contributed by atoms with E-state index < -0.39 is 5.91 Å². The number of hydrogen-bond acceptors (Lipinski definition) is 7. The Labute approximate surface area is 213 Å². The first-order chi connectivity index (χ1) is 16.8. The number of nitrogens with zero attached hydrogens (tertiary/aromatic N) is 3. The number of carbonyl (C=O) groups excluding carboxylic acids is 1. The van der Waals surface area contributed by atoms with Crippen LogP contribution < -0.4 is 14.2 Å². The van der Waals surface area contributed by atoms with Gasteiger partial charge in [0.15, 0.2) is 17.3 Å². The molecular weight excluding hydrogens is 488 g/mol. The molecular formula is C25H25ClN4O4S. The number of thioether (sulfide) groups is 1. The van der Waals surface area contributed by atoms with Gasteiger partial charge in [-0.25, -0.2) is 0 Å². The third kappa shape index (κ3) is 5.36. The van der Waals surface area contributed by atoms with Crippen LogP contribution in [-0.4, -0.2) is 46.8 Å². The van der Waals surface area contributed by atoms with Crippen molar-refractivity contribution in [3.8, 4) is 17.2 Å². The molecule has 0 saturated heterocycles. The molecule has 0 spiro atoms. The SMILES string of the molecule is CCOc1cc(/C=C2\C(=N)N3N=C(C)SC3=NC2=O)cc(Cl)c1OCCOc1c(C)cccc1C. The van der Waals surface area contributed by atoms with Gasteiger partial charge in [0.05, 0.1) is 22.2 Å². The van der Waals surface area contributed by atoms with Crippen molar-refractivity contribution in [3.63, 3.8) is 0 Å². The average Bonchev–Trinajstić information content (AvgIpc) is 3.17. The monoisotopic (exact) mass is 512 g/mol. The van der Waals surface area contributed by atoms with Crippen LogP contribution in [0, 0.1) is 19.3 Å². The Hall–Kier alpha value is -3.30. The van der Waals surface area contributed by atoms with Gasteiger partial charge in [0.25, 0.3) is 5.91 Å². The van der Waals surface area contributed by atoms with Crippen molar-refractivity contribution in [3.05, 3.63) is 57.6 Å². The number of amidine groups is 2. The molecule has 182 valence electrons. The van der Waals surface area contributed by atoms with Crippen molar-refractivity contribution in [2.75, 3.05) is 19.8 Å². The minimum Gasteiger partial charge on any atom is -0.490 e. The molecule has 0 atom stereocenters. The second-order valence-electron chi connectivity index (χ2n) is 7.82. The molecule has 2 aromatic carbocycles. The molecule has 0 bridgehead atoms. The van der Waals surface area contributed by atoms with Crippen LogP contribution in [0.3, 0.4) is 0 Å². The quantitative estimate of drug-likeness (QED) is 0.373. The van der Waals surface area contributed by atoms with Gasteiger partial charge in [0.2, 0.25) is 5.17 Å². The number of amides is 1. The fraction of sp³-hybridized carbons (Fsp3) is 0.280. The van der Waals surface area contributed by atoms with Gasteiger partial charge in [-0.2, -0.15) is 15.1 Å². The Morgan fingerprint density at radius 2 is 1.77 bits per heavy atom. The summed E-state index contributed by atoms with van der Waals surface area (Å²) in [6.45, 7) is 8.64. The summed E-state index contributed by atoms with van der Waals surface area (Å²) in [5, 5.41) is 15.4. The van der Waals surface area contributed by atoms with Gasteiger partial charge in [-0.15, -0.1) is 0 Å². The number of aryl methyl sites for hydroxylation is 2. The number of benzene rings is 2. The van der Waals surface area contributed by atoms with Crippen molar-refractivity contribution in [1.29, 1.82) is 5.41 Å². The number of carbonyl (C=O) groups is 1. The van der Waals surface area contributed by atoms with E-state index in [1.54, 1.807) is 25.1 Å². The third-order valence-corrected chi connectivity index (χ3v) is 6.29. The predicted octanol–water partition coefficient (Wildman–Crippen LogP) is 5.45. The molecule has 0 aliphatic carbocycles. The zero-order chi connectivity index (χ0) is 25.1. The third-order valence-electron chi connectivity index (χ3n) is 5.18. The lowest BCUT2D eigenvalue weighted by Gasteiger charge is -2.20. The predicted molar refractivity (Wildman–Crippen MR) is 140 cm³/mol. The molecule has 2 aliphatic rings. The highest BCUT2D eigenvalue weighted by Crippen LogP contribution is 2.38. The highest BCUT2D eigenvalue weighted by molar-refractivity contribution is 8.26. The highest BCUT2D eigenvalue weighted by Gasteiger charge is 2.34. The summed E-state index contributed by atoms with van der Waals surface area (Å²) >= 11 is 7.80. The van der Waals surface area contributed by atoms with Gasteiger partial charge >= 0.3 is 0 Å². The first-order valence-corrected chi connectivity index (χ1v) is 12.2. The molecule has 8 nitrogen and oxygen atoms in total. The second kappa shape index (κ2) is 10.5. The molecule has 1 N–H and O–H groups in total. The molecule has 2 aliphatic heterocycles. The lowest BCUT2D eigenvalue weighted by molar-refractivity contribution is -0.114. The zero-order valence-electron chi connectivity index (χ0n) is 19.8. The number of nitrogens with one attached hydrogen (secondary N) is 1. The van der Waals surface area contributed by atoms with E-state index in [0.717, 1.165) is 16.9 Å². The number of aliphatic imine (C=N–C) groups is 1. The molecule has 0 fully saturated rings. The van der Waals surface area contributed by atoms with Gasteiger partial charge < -0.3 is 14.2 Å². The largest absolute Gasteiger partial charge is 0.490 e. The first-order valence-electron chi connectivity index (χ1n) is 11.0. The van der Waals surface area contributed by atoms with Crippen molar-refractivity contribution in [2.24, 2.45) is 10.1 Å². The van der Waals surface area contributed by atoms with Gasteiger partial charge in [-0.3, -0.25) is 10.2 Å². The van der Waals surface area contributed by atoms with Crippen molar-refractivity contribution in [1.82, 2.24) is 5.01 Å². The normalized spacial score (nSPS) is 16.3. The molecule has 2 aromatic rings. The number of ether oxygens (including phenoxy) is 3. The van der Waals surface area contributed by atoms with Gasteiger partial charge in [-0.05, 0) is 74.4 Å². The summed E-state index contributed by atoms with van der Waals surface area (Å²) in [6, 6.07) is 9.37. The van der Waals surface area contributed by atoms with Crippen LogP contribution in [-0.2, 0) is 4.79 Å². The van der Waals surface area contributed by atoms with Crippen LogP contribution in [0.15, 0.2) is 46.0 Å². The molecule has 4 rings (SSSR count). The van der Waals surface area contributed by atoms with Crippen molar-refractivity contribution >= 4 is 51.4 Å². The van der Waals surface area contributed by atoms with Crippen LogP contribution in [0.1, 0.15) is 30.5 Å². The fourth-order valence-electron chi connectivity index (χ4n) is 3.64. The molecule has 35 heavy (non-hydrogen) atoms. The van der Waals surface area contributed by atoms with E-state index in [4.69, 9.17) is 31.2 Å². The van der Waals surface area contributed by atoms with Crippen LogP contribution in [0.5, 0.6) is 17.2 Å². The maximum Gasteiger partial charge on any atom is 0.283 e. The molecule has 0 unspecified atom stereocenters. The molecule has 0 radical (unpaired) electrons. The number of hydrazone groups is 1. The number of para-hydroxylation sites is 1. The summed E-state index contributed by atoms with van der Waals surface area (Å²) in [5.74, 6) is 1.13. The Morgan fingerprint density at radius 1 is 1.09 bits per heavy atom. The second-order valence-corrected chi connectivity index (χ2v) is 9.39. The van der Waals surface area contributed by atoms with E-state index in [-0.39, 0.29) is 18.0 Å². The molecule has 10 heteroatoms. The van der Waals surface area contributed by atoms with Crippen LogP contribution in [0.2, 0.25) is 5.02 Å². The molecule has 0 aromatic heterocycles. The standard InChI is InChI=1S/C25H25ClN4O4S/c1-5-32-20-13-17(11-18-23(27)30-25(28-24(18)31)35-16(4)29-30)12-19(26)22(20)34-10-9-33-21-14(2)7-6-8-15(21)3/h6-8,11-13,27H,5,9-10H2,1-4H3/b18-11+,27-23?. The topological polar surface area (TPSA) is 96.6 Å². The van der Waals surface area contributed by atoms with Gasteiger partial charge in [0, 0.05) is 0 Å². The summed E-state index contributed by atoms with van der Waals surface area (Å²) in [7, 11) is 0. The van der Waals surface area contributed by atoms with Crippen molar-refractivity contribution < 1.29 is 19.0 Å². The first kappa shape index (κ1) is 24.8. The lowest BCUT2D eigenvalue weighted by Crippen LogP contribution is -2.35. The number of fused-ring (bicyclic) bond motifs is 1. The lowest BCUT2D eigenvalue weighted by atomic mass is 10.1. The summed E-state index contributed by atoms with van der Waals surface area (Å²) in [6.07, 6.45) is 1.56. The Bertz CT molecular complexity index is 1270. The minimum absolute atomic E-state index is 0.0394. The average molecular weight is 513 g/mol. The summed E-state index contributed by atoms with van der Waals surface area (Å²) in [4.78, 5) is 16.6. The Morgan fingerprint density at radius 3 is 2.46 bits per heavy atom. The zero-order valence-corrected chi connectivity index (χ0v) is 21.4. The summed E-state index contributed by atoms with van der Waals surface area (Å²) in [5.41, 5.74) is 2.81. The van der Waals surface area contributed by atoms with E-state index >= 15 is 0 Å². The molecule has 2 heterocycles. The van der Waals surface area contributed by atoms with Crippen LogP contribution >= 0.6 is 23.4 Å².